The van der Waals surface area contributed by atoms with Crippen LogP contribution < -0.4 is 5.32 Å². The molecule has 0 spiro atoms. The lowest BCUT2D eigenvalue weighted by molar-refractivity contribution is -0.120. The number of nitrogens with zero attached hydrogens (tertiary/aromatic N) is 3. The Morgan fingerprint density at radius 2 is 1.70 bits per heavy atom. The third-order valence-corrected chi connectivity index (χ3v) is 7.17. The normalized spacial score (nSPS) is 15.7. The zero-order valence-electron chi connectivity index (χ0n) is 16.5. The summed E-state index contributed by atoms with van der Waals surface area (Å²) in [7, 11) is -3.39. The number of benzene rings is 2. The number of amides is 1. The number of hydrogen-bond donors (Lipinski definition) is 1. The molecule has 1 aromatic heterocycles. The van der Waals surface area contributed by atoms with Gasteiger partial charge in [-0.15, -0.1) is 0 Å². The minimum atomic E-state index is -3.39. The average Bonchev–Trinajstić information content (AvgIpc) is 3.29. The van der Waals surface area contributed by atoms with Gasteiger partial charge in [0.05, 0.1) is 17.1 Å². The van der Waals surface area contributed by atoms with Gasteiger partial charge in [0.2, 0.25) is 15.9 Å². The number of nitrogens with one attached hydrogen (secondary N) is 1. The maximum absolute atomic E-state index is 12.8. The summed E-state index contributed by atoms with van der Waals surface area (Å²) in [4.78, 5) is 12.8. The second kappa shape index (κ2) is 8.81. The molecule has 1 fully saturated rings. The number of carbonyl (C=O) groups excluding carboxylic acids is 1. The van der Waals surface area contributed by atoms with Gasteiger partial charge in [0.25, 0.3) is 0 Å². The molecule has 2 heterocycles. The Hall–Kier alpha value is -2.97. The van der Waals surface area contributed by atoms with Crippen LogP contribution >= 0.6 is 0 Å². The van der Waals surface area contributed by atoms with E-state index in [4.69, 9.17) is 0 Å². The molecular formula is C22H24N4O3S. The van der Waals surface area contributed by atoms with Crippen LogP contribution in [-0.2, 0) is 20.6 Å². The van der Waals surface area contributed by atoms with Gasteiger partial charge in [-0.05, 0) is 36.6 Å². The Labute approximate surface area is 176 Å². The fourth-order valence-corrected chi connectivity index (χ4v) is 5.26. The van der Waals surface area contributed by atoms with Crippen LogP contribution in [0.3, 0.4) is 0 Å². The number of hydrogen-bond acceptors (Lipinski definition) is 4. The van der Waals surface area contributed by atoms with E-state index in [-0.39, 0.29) is 17.6 Å². The molecule has 0 radical (unpaired) electrons. The summed E-state index contributed by atoms with van der Waals surface area (Å²) >= 11 is 0. The first-order valence-electron chi connectivity index (χ1n) is 9.94. The summed E-state index contributed by atoms with van der Waals surface area (Å²) < 4.78 is 28.6. The molecule has 7 nitrogen and oxygen atoms in total. The van der Waals surface area contributed by atoms with E-state index in [2.05, 4.69) is 10.4 Å². The predicted molar refractivity (Wildman–Crippen MR) is 116 cm³/mol. The van der Waals surface area contributed by atoms with Crippen LogP contribution in [0.4, 0.5) is 5.69 Å². The van der Waals surface area contributed by atoms with Crippen molar-refractivity contribution < 1.29 is 13.2 Å². The zero-order chi connectivity index (χ0) is 21.0. The minimum Gasteiger partial charge on any atom is -0.324 e. The van der Waals surface area contributed by atoms with Gasteiger partial charge in [-0.3, -0.25) is 4.79 Å². The van der Waals surface area contributed by atoms with Gasteiger partial charge >= 0.3 is 0 Å². The van der Waals surface area contributed by atoms with Crippen molar-refractivity contribution in [3.8, 4) is 5.69 Å². The first-order chi connectivity index (χ1) is 14.5. The third-order valence-electron chi connectivity index (χ3n) is 5.32. The standard InChI is InChI=1S/C22H24N4O3S/c27-22(24-20-9-4-5-10-21(20)26-14-6-13-23-26)19-11-15-25(16-12-19)30(28,29)17-18-7-2-1-3-8-18/h1-10,13-14,19H,11-12,15-17H2,(H,24,27). The summed E-state index contributed by atoms with van der Waals surface area (Å²) in [6, 6.07) is 18.5. The number of carbonyl (C=O) groups is 1. The van der Waals surface area contributed by atoms with Crippen LogP contribution in [0.15, 0.2) is 73.1 Å². The lowest BCUT2D eigenvalue weighted by atomic mass is 9.97. The van der Waals surface area contributed by atoms with Crippen LogP contribution in [0, 0.1) is 5.92 Å². The van der Waals surface area contributed by atoms with E-state index >= 15 is 0 Å². The molecular weight excluding hydrogens is 400 g/mol. The molecule has 0 bridgehead atoms. The quantitative estimate of drug-likeness (QED) is 0.659. The van der Waals surface area contributed by atoms with Crippen molar-refractivity contribution in [1.82, 2.24) is 14.1 Å². The molecule has 30 heavy (non-hydrogen) atoms. The Bertz CT molecular complexity index is 1090. The number of sulfonamides is 1. The number of para-hydroxylation sites is 2. The summed E-state index contributed by atoms with van der Waals surface area (Å²) in [6.07, 6.45) is 4.51. The van der Waals surface area contributed by atoms with Crippen LogP contribution in [0.25, 0.3) is 5.69 Å². The van der Waals surface area contributed by atoms with Crippen molar-refractivity contribution >= 4 is 21.6 Å². The van der Waals surface area contributed by atoms with Crippen LogP contribution in [-0.4, -0.2) is 41.5 Å². The fourth-order valence-electron chi connectivity index (χ4n) is 3.70. The van der Waals surface area contributed by atoms with Gasteiger partial charge < -0.3 is 5.32 Å². The van der Waals surface area contributed by atoms with Crippen molar-refractivity contribution in [2.75, 3.05) is 18.4 Å². The fraction of sp³-hybridized carbons (Fsp3) is 0.273. The van der Waals surface area contributed by atoms with Crippen molar-refractivity contribution in [2.24, 2.45) is 5.92 Å². The Kier molecular flexibility index (Phi) is 5.96. The predicted octanol–water partition coefficient (Wildman–Crippen LogP) is 3.05. The maximum atomic E-state index is 12.8. The molecule has 0 aliphatic carbocycles. The average molecular weight is 425 g/mol. The third kappa shape index (κ3) is 4.60. The highest BCUT2D eigenvalue weighted by Crippen LogP contribution is 2.25. The number of anilines is 1. The van der Waals surface area contributed by atoms with Gasteiger partial charge in [-0.1, -0.05) is 42.5 Å². The molecule has 0 atom stereocenters. The monoisotopic (exact) mass is 424 g/mol. The molecule has 8 heteroatoms. The molecule has 1 N–H and O–H groups in total. The van der Waals surface area contributed by atoms with Gasteiger partial charge in [0.1, 0.15) is 0 Å². The first kappa shape index (κ1) is 20.3. The summed E-state index contributed by atoms with van der Waals surface area (Å²) in [5, 5.41) is 7.22. The van der Waals surface area contributed by atoms with Crippen molar-refractivity contribution in [1.29, 1.82) is 0 Å². The highest BCUT2D eigenvalue weighted by molar-refractivity contribution is 7.88. The largest absolute Gasteiger partial charge is 0.324 e. The van der Waals surface area contributed by atoms with Gasteiger partial charge in [-0.2, -0.15) is 5.10 Å². The molecule has 3 aromatic rings. The molecule has 1 amide bonds. The lowest BCUT2D eigenvalue weighted by Crippen LogP contribution is -2.41. The first-order valence-corrected chi connectivity index (χ1v) is 11.6. The van der Waals surface area contributed by atoms with Crippen molar-refractivity contribution in [3.63, 3.8) is 0 Å². The number of rotatable bonds is 6. The molecule has 2 aromatic carbocycles. The molecule has 1 aliphatic heterocycles. The highest BCUT2D eigenvalue weighted by atomic mass is 32.2. The lowest BCUT2D eigenvalue weighted by Gasteiger charge is -2.30. The van der Waals surface area contributed by atoms with E-state index in [1.165, 1.54) is 4.31 Å². The Morgan fingerprint density at radius 3 is 2.40 bits per heavy atom. The van der Waals surface area contributed by atoms with E-state index in [0.717, 1.165) is 11.3 Å². The smallest absolute Gasteiger partial charge is 0.227 e. The highest BCUT2D eigenvalue weighted by Gasteiger charge is 2.31. The minimum absolute atomic E-state index is 0.0120. The van der Waals surface area contributed by atoms with Crippen LogP contribution in [0.5, 0.6) is 0 Å². The van der Waals surface area contributed by atoms with Crippen molar-refractivity contribution in [2.45, 2.75) is 18.6 Å². The zero-order valence-corrected chi connectivity index (χ0v) is 17.3. The maximum Gasteiger partial charge on any atom is 0.227 e. The molecule has 0 saturated carbocycles. The van der Waals surface area contributed by atoms with E-state index in [0.29, 0.717) is 31.6 Å². The Balaban J connectivity index is 1.37. The summed E-state index contributed by atoms with van der Waals surface area (Å²) in [5.41, 5.74) is 2.25. The molecule has 4 rings (SSSR count). The molecule has 1 aliphatic rings. The Morgan fingerprint density at radius 1 is 1.00 bits per heavy atom. The van der Waals surface area contributed by atoms with E-state index in [1.807, 2.05) is 66.9 Å². The van der Waals surface area contributed by atoms with Gasteiger partial charge in [-0.25, -0.2) is 17.4 Å². The second-order valence-corrected chi connectivity index (χ2v) is 9.34. The van der Waals surface area contributed by atoms with E-state index in [1.54, 1.807) is 10.9 Å². The van der Waals surface area contributed by atoms with Gasteiger partial charge in [0, 0.05) is 31.4 Å². The SMILES string of the molecule is O=C(Nc1ccccc1-n1cccn1)C1CCN(S(=O)(=O)Cc2ccccc2)CC1. The van der Waals surface area contributed by atoms with Crippen LogP contribution in [0.1, 0.15) is 18.4 Å². The summed E-state index contributed by atoms with van der Waals surface area (Å²) in [6.45, 7) is 0.710. The summed E-state index contributed by atoms with van der Waals surface area (Å²) in [5.74, 6) is -0.323. The topological polar surface area (TPSA) is 84.3 Å². The second-order valence-electron chi connectivity index (χ2n) is 7.37. The molecule has 1 saturated heterocycles. The van der Waals surface area contributed by atoms with E-state index < -0.39 is 10.0 Å². The number of piperidine rings is 1. The van der Waals surface area contributed by atoms with E-state index in [9.17, 15) is 13.2 Å². The molecule has 0 unspecified atom stereocenters. The number of aromatic nitrogens is 2. The van der Waals surface area contributed by atoms with Crippen molar-refractivity contribution in [3.05, 3.63) is 78.6 Å². The van der Waals surface area contributed by atoms with Gasteiger partial charge in [0.15, 0.2) is 0 Å². The molecule has 156 valence electrons. The van der Waals surface area contributed by atoms with Crippen LogP contribution in [0.2, 0.25) is 0 Å².